The number of nitrogens with one attached hydrogen (secondary N) is 2. The van der Waals surface area contributed by atoms with Crippen LogP contribution in [0.1, 0.15) is 29.9 Å². The summed E-state index contributed by atoms with van der Waals surface area (Å²) < 4.78 is 0. The number of fused-ring (bicyclic) bond motifs is 2. The molecule has 0 bridgehead atoms. The van der Waals surface area contributed by atoms with Crippen molar-refractivity contribution in [1.29, 1.82) is 0 Å². The number of aromatic amines is 1. The van der Waals surface area contributed by atoms with E-state index in [1.165, 1.54) is 42.3 Å². The summed E-state index contributed by atoms with van der Waals surface area (Å²) in [7, 11) is 0. The second-order valence-electron chi connectivity index (χ2n) is 5.10. The van der Waals surface area contributed by atoms with Crippen LogP contribution in [-0.2, 0) is 6.42 Å². The Morgan fingerprint density at radius 2 is 2.18 bits per heavy atom. The molecular formula is C14H17LiN2. The largest absolute Gasteiger partial charge is 0.361 e. The number of rotatable bonds is 0. The number of hydrogen-bond acceptors (Lipinski definition) is 1. The topological polar surface area (TPSA) is 27.8 Å². The molecule has 0 saturated carbocycles. The molecule has 1 aliphatic heterocycles. The predicted octanol–water partition coefficient (Wildman–Crippen LogP) is 1.91. The molecule has 2 nitrogen and oxygen atoms in total. The van der Waals surface area contributed by atoms with Crippen molar-refractivity contribution in [2.24, 2.45) is 0 Å². The third-order valence-electron chi connectivity index (χ3n) is 4.24. The van der Waals surface area contributed by atoms with Gasteiger partial charge in [0.15, 0.2) is 0 Å². The van der Waals surface area contributed by atoms with E-state index in [0.717, 1.165) is 5.92 Å². The Labute approximate surface area is 113 Å². The third-order valence-corrected chi connectivity index (χ3v) is 4.24. The second kappa shape index (κ2) is 4.21. The first-order chi connectivity index (χ1) is 7.93. The fourth-order valence-corrected chi connectivity index (χ4v) is 3.53. The monoisotopic (exact) mass is 220 g/mol. The van der Waals surface area contributed by atoms with Crippen LogP contribution in [0.15, 0.2) is 24.4 Å². The van der Waals surface area contributed by atoms with E-state index in [0.29, 0.717) is 6.04 Å². The van der Waals surface area contributed by atoms with E-state index >= 15 is 0 Å². The maximum absolute atomic E-state index is 3.68. The van der Waals surface area contributed by atoms with Crippen molar-refractivity contribution in [3.63, 3.8) is 0 Å². The molecule has 84 valence electrons. The Morgan fingerprint density at radius 3 is 3.12 bits per heavy atom. The molecule has 2 aromatic rings. The first-order valence-corrected chi connectivity index (χ1v) is 6.26. The summed E-state index contributed by atoms with van der Waals surface area (Å²) >= 11 is 0. The van der Waals surface area contributed by atoms with Crippen molar-refractivity contribution < 1.29 is 0 Å². The van der Waals surface area contributed by atoms with Gasteiger partial charge in [0, 0.05) is 29.1 Å². The molecule has 0 amide bonds. The second-order valence-corrected chi connectivity index (χ2v) is 5.10. The minimum absolute atomic E-state index is 0. The predicted molar refractivity (Wildman–Crippen MR) is 72.9 cm³/mol. The molecule has 1 aromatic heterocycles. The van der Waals surface area contributed by atoms with E-state index in [4.69, 9.17) is 0 Å². The molecule has 1 fully saturated rings. The number of benzene rings is 1. The Balaban J connectivity index is 0.000000902. The zero-order chi connectivity index (χ0) is 10.5. The van der Waals surface area contributed by atoms with Crippen molar-refractivity contribution in [1.82, 2.24) is 10.3 Å². The van der Waals surface area contributed by atoms with Crippen LogP contribution in [0.4, 0.5) is 0 Å². The molecule has 2 N–H and O–H groups in total. The van der Waals surface area contributed by atoms with E-state index < -0.39 is 0 Å². The minimum Gasteiger partial charge on any atom is -0.361 e. The standard InChI is InChI=1S/C14H16N2.Li.H/c1-3-11-10-4-2-6-15-13(10)7-9-8-16-12(5-1)14(9)11;;/h1,3,5,8,10,13,15-16H,2,4,6-7H2;;/t10-,13-;;/m1../s1. The van der Waals surface area contributed by atoms with Gasteiger partial charge in [0.1, 0.15) is 0 Å². The molecule has 2 heterocycles. The van der Waals surface area contributed by atoms with E-state index in [-0.39, 0.29) is 18.9 Å². The van der Waals surface area contributed by atoms with Gasteiger partial charge in [-0.25, -0.2) is 0 Å². The van der Waals surface area contributed by atoms with Gasteiger partial charge in [0.2, 0.25) is 0 Å². The third kappa shape index (κ3) is 1.59. The van der Waals surface area contributed by atoms with Crippen molar-refractivity contribution in [2.75, 3.05) is 6.54 Å². The molecule has 2 aliphatic rings. The van der Waals surface area contributed by atoms with Crippen LogP contribution in [0.5, 0.6) is 0 Å². The van der Waals surface area contributed by atoms with Crippen LogP contribution in [0.3, 0.4) is 0 Å². The van der Waals surface area contributed by atoms with Gasteiger partial charge in [-0.15, -0.1) is 0 Å². The Kier molecular flexibility index (Phi) is 2.82. The Hall–Kier alpha value is -0.683. The Bertz CT molecular complexity index is 546. The molecule has 4 rings (SSSR count). The van der Waals surface area contributed by atoms with Crippen LogP contribution in [0.25, 0.3) is 10.9 Å². The van der Waals surface area contributed by atoms with Gasteiger partial charge >= 0.3 is 18.9 Å². The summed E-state index contributed by atoms with van der Waals surface area (Å²) in [6.07, 6.45) is 6.06. The maximum atomic E-state index is 3.68. The van der Waals surface area contributed by atoms with Crippen molar-refractivity contribution in [2.45, 2.75) is 31.2 Å². The van der Waals surface area contributed by atoms with Crippen LogP contribution in [-0.4, -0.2) is 36.4 Å². The van der Waals surface area contributed by atoms with Crippen LogP contribution in [0, 0.1) is 0 Å². The first-order valence-electron chi connectivity index (χ1n) is 6.26. The molecule has 0 spiro atoms. The molecule has 3 heteroatoms. The first kappa shape index (κ1) is 11.4. The SMILES string of the molecule is [LiH].c1cc2c3c(c[nH]c3c1)C[C@H]1NCCC[C@H]21. The summed E-state index contributed by atoms with van der Waals surface area (Å²) in [5, 5.41) is 5.19. The van der Waals surface area contributed by atoms with E-state index in [1.807, 2.05) is 0 Å². The number of hydrogen-bond donors (Lipinski definition) is 2. The van der Waals surface area contributed by atoms with Crippen molar-refractivity contribution in [3.8, 4) is 0 Å². The zero-order valence-corrected chi connectivity index (χ0v) is 9.29. The zero-order valence-electron chi connectivity index (χ0n) is 9.29. The molecule has 17 heavy (non-hydrogen) atoms. The van der Waals surface area contributed by atoms with Crippen LogP contribution in [0.2, 0.25) is 0 Å². The van der Waals surface area contributed by atoms with Crippen LogP contribution < -0.4 is 5.32 Å². The molecule has 2 atom stereocenters. The van der Waals surface area contributed by atoms with E-state index in [2.05, 4.69) is 34.7 Å². The average molecular weight is 220 g/mol. The molecule has 1 saturated heterocycles. The molecule has 1 aromatic carbocycles. The molecule has 0 radical (unpaired) electrons. The minimum atomic E-state index is 0. The Morgan fingerprint density at radius 1 is 1.24 bits per heavy atom. The number of H-pyrrole nitrogens is 1. The fraction of sp³-hybridized carbons (Fsp3) is 0.429. The fourth-order valence-electron chi connectivity index (χ4n) is 3.53. The summed E-state index contributed by atoms with van der Waals surface area (Å²) in [6, 6.07) is 7.37. The summed E-state index contributed by atoms with van der Waals surface area (Å²) in [6.45, 7) is 1.19. The van der Waals surface area contributed by atoms with Gasteiger partial charge in [-0.05, 0) is 43.0 Å². The van der Waals surface area contributed by atoms with Gasteiger partial charge in [0.05, 0.1) is 0 Å². The van der Waals surface area contributed by atoms with Crippen LogP contribution >= 0.6 is 0 Å². The number of piperidine rings is 1. The van der Waals surface area contributed by atoms with Gasteiger partial charge in [-0.1, -0.05) is 12.1 Å². The molecule has 0 unspecified atom stereocenters. The maximum Gasteiger partial charge on any atom is 0.0459 e. The van der Waals surface area contributed by atoms with Gasteiger partial charge in [-0.2, -0.15) is 0 Å². The number of aromatic nitrogens is 1. The molecular weight excluding hydrogens is 203 g/mol. The smallest absolute Gasteiger partial charge is 0.0459 e. The summed E-state index contributed by atoms with van der Waals surface area (Å²) in [5.74, 6) is 0.737. The average Bonchev–Trinajstić information content (AvgIpc) is 2.75. The summed E-state index contributed by atoms with van der Waals surface area (Å²) in [4.78, 5) is 3.40. The summed E-state index contributed by atoms with van der Waals surface area (Å²) in [5.41, 5.74) is 4.38. The van der Waals surface area contributed by atoms with Gasteiger partial charge < -0.3 is 10.3 Å². The molecule has 1 aliphatic carbocycles. The van der Waals surface area contributed by atoms with Crippen molar-refractivity contribution in [3.05, 3.63) is 35.5 Å². The van der Waals surface area contributed by atoms with Gasteiger partial charge in [-0.3, -0.25) is 0 Å². The van der Waals surface area contributed by atoms with Gasteiger partial charge in [0.25, 0.3) is 0 Å². The quantitative estimate of drug-likeness (QED) is 0.652. The van der Waals surface area contributed by atoms with E-state index in [1.54, 1.807) is 5.56 Å². The normalized spacial score (nSPS) is 26.4. The van der Waals surface area contributed by atoms with Crippen molar-refractivity contribution >= 4 is 29.8 Å². The van der Waals surface area contributed by atoms with E-state index in [9.17, 15) is 0 Å².